The lowest BCUT2D eigenvalue weighted by molar-refractivity contribution is -0.146. The van der Waals surface area contributed by atoms with Crippen molar-refractivity contribution in [3.8, 4) is 0 Å². The van der Waals surface area contributed by atoms with Gasteiger partial charge in [-0.15, -0.1) is 0 Å². The topological polar surface area (TPSA) is 90.5 Å². The van der Waals surface area contributed by atoms with Crippen LogP contribution in [0.25, 0.3) is 0 Å². The summed E-state index contributed by atoms with van der Waals surface area (Å²) >= 11 is 5.96. The second-order valence-corrected chi connectivity index (χ2v) is 11.6. The Morgan fingerprint density at radius 1 is 0.872 bits per heavy atom. The highest BCUT2D eigenvalue weighted by molar-refractivity contribution is 6.30. The molecule has 3 aromatic carbocycles. The molecule has 1 heterocycles. The maximum Gasteiger partial charge on any atom is 0.319 e. The fourth-order valence-electron chi connectivity index (χ4n) is 4.90. The Labute approximate surface area is 234 Å². The monoisotopic (exact) mass is 546 g/mol. The minimum Gasteiger partial charge on any atom is -0.326 e. The zero-order chi connectivity index (χ0) is 28.0. The van der Waals surface area contributed by atoms with E-state index in [0.29, 0.717) is 23.6 Å². The summed E-state index contributed by atoms with van der Waals surface area (Å²) in [6.45, 7) is 5.92. The highest BCUT2D eigenvalue weighted by atomic mass is 35.5. The third kappa shape index (κ3) is 7.83. The quantitative estimate of drug-likeness (QED) is 0.332. The molecule has 8 heteroatoms. The molecule has 0 spiro atoms. The van der Waals surface area contributed by atoms with Crippen molar-refractivity contribution in [3.05, 3.63) is 101 Å². The van der Waals surface area contributed by atoms with Gasteiger partial charge in [0.25, 0.3) is 5.91 Å². The molecule has 39 heavy (non-hydrogen) atoms. The summed E-state index contributed by atoms with van der Waals surface area (Å²) in [5.41, 5.74) is 5.17. The van der Waals surface area contributed by atoms with E-state index in [4.69, 9.17) is 11.6 Å². The van der Waals surface area contributed by atoms with Gasteiger partial charge >= 0.3 is 6.03 Å². The molecule has 0 bridgehead atoms. The van der Waals surface area contributed by atoms with Crippen molar-refractivity contribution in [3.63, 3.8) is 0 Å². The number of carbonyl (C=O) groups excluding carboxylic acids is 3. The predicted molar refractivity (Wildman–Crippen MR) is 154 cm³/mol. The predicted octanol–water partition coefficient (Wildman–Crippen LogP) is 6.45. The maximum atomic E-state index is 14.1. The van der Waals surface area contributed by atoms with Crippen LogP contribution in [0.1, 0.15) is 63.1 Å². The number of carbonyl (C=O) groups is 3. The van der Waals surface area contributed by atoms with Crippen LogP contribution in [-0.2, 0) is 9.59 Å². The molecule has 1 fully saturated rings. The molecule has 0 saturated carbocycles. The normalized spacial score (nSPS) is 19.6. The highest BCUT2D eigenvalue weighted by Gasteiger charge is 2.40. The highest BCUT2D eigenvalue weighted by Crippen LogP contribution is 2.38. The van der Waals surface area contributed by atoms with E-state index in [9.17, 15) is 14.4 Å². The number of amides is 4. The van der Waals surface area contributed by atoms with Crippen LogP contribution in [0.3, 0.4) is 0 Å². The van der Waals surface area contributed by atoms with Gasteiger partial charge in [0.15, 0.2) is 0 Å². The lowest BCUT2D eigenvalue weighted by atomic mass is 9.86. The Morgan fingerprint density at radius 2 is 1.46 bits per heavy atom. The average molecular weight is 547 g/mol. The minimum atomic E-state index is -0.869. The van der Waals surface area contributed by atoms with Crippen LogP contribution in [0, 0.1) is 5.41 Å². The first-order valence-electron chi connectivity index (χ1n) is 13.1. The Hall–Kier alpha value is -3.84. The molecular formula is C31H35ClN4O3. The van der Waals surface area contributed by atoms with Crippen molar-refractivity contribution in [2.45, 2.75) is 58.0 Å². The van der Waals surface area contributed by atoms with Gasteiger partial charge in [-0.25, -0.2) is 9.80 Å². The first-order chi connectivity index (χ1) is 18.6. The van der Waals surface area contributed by atoms with E-state index >= 15 is 0 Å². The minimum absolute atomic E-state index is 0.0503. The van der Waals surface area contributed by atoms with Crippen LogP contribution in [0.5, 0.6) is 0 Å². The smallest absolute Gasteiger partial charge is 0.319 e. The third-order valence-electron chi connectivity index (χ3n) is 6.67. The van der Waals surface area contributed by atoms with Gasteiger partial charge in [-0.2, -0.15) is 0 Å². The van der Waals surface area contributed by atoms with E-state index in [-0.39, 0.29) is 29.6 Å². The van der Waals surface area contributed by atoms with E-state index in [2.05, 4.69) is 16.1 Å². The summed E-state index contributed by atoms with van der Waals surface area (Å²) in [6, 6.07) is 24.6. The number of hydrogen-bond acceptors (Lipinski definition) is 3. The molecule has 1 aliphatic heterocycles. The first-order valence-corrected chi connectivity index (χ1v) is 13.5. The van der Waals surface area contributed by atoms with Crippen LogP contribution < -0.4 is 16.1 Å². The molecule has 4 amide bonds. The lowest BCUT2D eigenvalue weighted by Gasteiger charge is -2.33. The molecule has 1 saturated heterocycles. The maximum absolute atomic E-state index is 14.1. The number of nitrogens with zero attached hydrogens (tertiary/aromatic N) is 1. The number of nitrogens with one attached hydrogen (secondary N) is 3. The van der Waals surface area contributed by atoms with Crippen LogP contribution >= 0.6 is 11.6 Å². The number of halogens is 1. The Balaban J connectivity index is 1.67. The molecule has 0 aliphatic carbocycles. The van der Waals surface area contributed by atoms with Crippen LogP contribution in [-0.4, -0.2) is 28.9 Å². The van der Waals surface area contributed by atoms with Gasteiger partial charge in [0.1, 0.15) is 6.04 Å². The Morgan fingerprint density at radius 3 is 2.05 bits per heavy atom. The summed E-state index contributed by atoms with van der Waals surface area (Å²) in [5, 5.41) is 7.63. The Kier molecular flexibility index (Phi) is 8.92. The fraction of sp³-hybridized carbons (Fsp3) is 0.323. The zero-order valence-electron chi connectivity index (χ0n) is 22.5. The molecule has 3 atom stereocenters. The summed E-state index contributed by atoms with van der Waals surface area (Å²) in [7, 11) is 0. The number of hydrazine groups is 1. The number of hydrogen-bond donors (Lipinski definition) is 3. The Bertz CT molecular complexity index is 1280. The van der Waals surface area contributed by atoms with Crippen LogP contribution in [0.2, 0.25) is 5.02 Å². The van der Waals surface area contributed by atoms with Crippen molar-refractivity contribution in [2.75, 3.05) is 5.32 Å². The standard InChI is InChI=1S/C31H35ClN4O3/c1-31(2,3)20-28(37)35-36-27(22-12-8-5-9-13-22)19-23(21-10-6-4-7-11-21)18-26(29(36)38)34-30(39)33-25-16-14-24(32)15-17-25/h4-17,23,26-27H,18-20H2,1-3H3,(H,35,37)(H2,33,34,39). The van der Waals surface area contributed by atoms with Gasteiger partial charge in [-0.1, -0.05) is 93.0 Å². The largest absolute Gasteiger partial charge is 0.326 e. The molecule has 3 N–H and O–H groups in total. The van der Waals surface area contributed by atoms with E-state index in [1.54, 1.807) is 24.3 Å². The molecular weight excluding hydrogens is 512 g/mol. The van der Waals surface area contributed by atoms with Crippen molar-refractivity contribution in [1.82, 2.24) is 15.8 Å². The first kappa shape index (κ1) is 28.2. The van der Waals surface area contributed by atoms with Crippen molar-refractivity contribution >= 4 is 35.1 Å². The van der Waals surface area contributed by atoms with Crippen LogP contribution in [0.15, 0.2) is 84.9 Å². The van der Waals surface area contributed by atoms with Gasteiger partial charge in [0.2, 0.25) is 5.91 Å². The summed E-state index contributed by atoms with van der Waals surface area (Å²) < 4.78 is 0. The van der Waals surface area contributed by atoms with Crippen molar-refractivity contribution in [1.29, 1.82) is 0 Å². The average Bonchev–Trinajstić information content (AvgIpc) is 3.02. The summed E-state index contributed by atoms with van der Waals surface area (Å²) in [6.07, 6.45) is 1.20. The fourth-order valence-corrected chi connectivity index (χ4v) is 5.03. The molecule has 0 radical (unpaired) electrons. The van der Waals surface area contributed by atoms with Gasteiger partial charge in [0.05, 0.1) is 6.04 Å². The molecule has 7 nitrogen and oxygen atoms in total. The number of urea groups is 1. The SMILES string of the molecule is CC(C)(C)CC(=O)NN1C(=O)C(NC(=O)Nc2ccc(Cl)cc2)CC(c2ccccc2)CC1c1ccccc1. The third-order valence-corrected chi connectivity index (χ3v) is 6.93. The molecule has 3 aromatic rings. The van der Waals surface area contributed by atoms with Gasteiger partial charge in [-0.3, -0.25) is 15.0 Å². The molecule has 4 rings (SSSR count). The number of rotatable bonds is 6. The van der Waals surface area contributed by atoms with Crippen LogP contribution in [0.4, 0.5) is 10.5 Å². The van der Waals surface area contributed by atoms with Crippen molar-refractivity contribution in [2.24, 2.45) is 5.41 Å². The van der Waals surface area contributed by atoms with Crippen molar-refractivity contribution < 1.29 is 14.4 Å². The van der Waals surface area contributed by atoms with E-state index in [0.717, 1.165) is 11.1 Å². The van der Waals surface area contributed by atoms with Gasteiger partial charge < -0.3 is 10.6 Å². The molecule has 1 aliphatic rings. The lowest BCUT2D eigenvalue weighted by Crippen LogP contribution is -2.55. The summed E-state index contributed by atoms with van der Waals surface area (Å²) in [4.78, 5) is 40.2. The van der Waals surface area contributed by atoms with Gasteiger partial charge in [0, 0.05) is 17.1 Å². The number of benzene rings is 3. The number of anilines is 1. The zero-order valence-corrected chi connectivity index (χ0v) is 23.2. The van der Waals surface area contributed by atoms with E-state index < -0.39 is 18.1 Å². The summed E-state index contributed by atoms with van der Waals surface area (Å²) in [5.74, 6) is -0.666. The van der Waals surface area contributed by atoms with E-state index in [1.807, 2.05) is 81.4 Å². The second kappa shape index (κ2) is 12.3. The van der Waals surface area contributed by atoms with E-state index in [1.165, 1.54) is 5.01 Å². The second-order valence-electron chi connectivity index (χ2n) is 11.1. The molecule has 204 valence electrons. The molecule has 0 aromatic heterocycles. The van der Waals surface area contributed by atoms with Gasteiger partial charge in [-0.05, 0) is 59.6 Å². The molecule has 3 unspecified atom stereocenters.